The number of benzene rings is 8. The number of nitriles is 2. The minimum Gasteiger partial charge on any atom is -0.322 e. The van der Waals surface area contributed by atoms with Crippen LogP contribution >= 0.6 is 0 Å². The lowest BCUT2D eigenvalue weighted by molar-refractivity contribution is 0.101. The second-order valence-electron chi connectivity index (χ2n) is 16.9. The molecule has 0 aliphatic carbocycles. The van der Waals surface area contributed by atoms with Gasteiger partial charge >= 0.3 is 0 Å². The van der Waals surface area contributed by atoms with Gasteiger partial charge in [-0.15, -0.1) is 0 Å². The van der Waals surface area contributed by atoms with E-state index in [1.807, 2.05) is 48.5 Å². The molecule has 0 radical (unpaired) electrons. The zero-order valence-electron chi connectivity index (χ0n) is 38.2. The molecular formula is C56H46N6O6S2. The van der Waals surface area contributed by atoms with Crippen LogP contribution in [-0.2, 0) is 20.0 Å². The normalized spacial score (nSPS) is 11.2. The Morgan fingerprint density at radius 2 is 0.757 bits per heavy atom. The highest BCUT2D eigenvalue weighted by atomic mass is 32.2. The maximum Gasteiger partial charge on any atom is 0.256 e. The highest BCUT2D eigenvalue weighted by molar-refractivity contribution is 7.89. The fourth-order valence-corrected chi connectivity index (χ4v) is 9.94. The Morgan fingerprint density at radius 1 is 0.443 bits per heavy atom. The summed E-state index contributed by atoms with van der Waals surface area (Å²) in [6, 6.07) is 60.1. The summed E-state index contributed by atoms with van der Waals surface area (Å²) in [6.07, 6.45) is 0. The minimum atomic E-state index is -3.87. The summed E-state index contributed by atoms with van der Waals surface area (Å²) in [5, 5.41) is 29.2. The number of nitrogens with zero attached hydrogens (tertiary/aromatic N) is 2. The van der Waals surface area contributed by atoms with E-state index in [9.17, 15) is 26.4 Å². The molecule has 0 heterocycles. The van der Waals surface area contributed by atoms with E-state index < -0.39 is 25.6 Å². The average molecular weight is 963 g/mol. The third-order valence-electron chi connectivity index (χ3n) is 10.7. The molecule has 0 saturated heterocycles. The SMILES string of the molecule is CC(C)(C)NS(=O)(=O)c1ccccc1-c1ccc(NC(=O)c2ccccc2-c2ccc(C#N)cc2)cc1.N#Cc1ccc(-c2ccccc2C(=O)Nc2ccc(-c3ccccc3S(N)(=O)=O)cc2)cc1. The number of hydrogen-bond acceptors (Lipinski definition) is 8. The first-order chi connectivity index (χ1) is 33.4. The van der Waals surface area contributed by atoms with Gasteiger partial charge in [-0.1, -0.05) is 121 Å². The first-order valence-electron chi connectivity index (χ1n) is 21.7. The number of nitrogens with one attached hydrogen (secondary N) is 3. The van der Waals surface area contributed by atoms with E-state index in [1.165, 1.54) is 6.07 Å². The molecule has 14 heteroatoms. The molecule has 0 aliphatic heterocycles. The number of nitrogens with two attached hydrogens (primary N) is 1. The maximum absolute atomic E-state index is 13.2. The highest BCUT2D eigenvalue weighted by Crippen LogP contribution is 2.32. The van der Waals surface area contributed by atoms with Gasteiger partial charge in [0.05, 0.1) is 33.1 Å². The molecule has 8 aromatic rings. The van der Waals surface area contributed by atoms with Gasteiger partial charge in [0.15, 0.2) is 0 Å². The van der Waals surface area contributed by atoms with Crippen LogP contribution in [-0.4, -0.2) is 34.2 Å². The predicted molar refractivity (Wildman–Crippen MR) is 274 cm³/mol. The van der Waals surface area contributed by atoms with Crippen molar-refractivity contribution in [3.63, 3.8) is 0 Å². The summed E-state index contributed by atoms with van der Waals surface area (Å²) in [6.45, 7) is 5.39. The van der Waals surface area contributed by atoms with Crippen LogP contribution in [0.15, 0.2) is 204 Å². The lowest BCUT2D eigenvalue weighted by Crippen LogP contribution is -2.40. The number of amides is 2. The average Bonchev–Trinajstić information content (AvgIpc) is 3.36. The zero-order valence-corrected chi connectivity index (χ0v) is 39.8. The number of carbonyl (C=O) groups is 2. The maximum atomic E-state index is 13.2. The molecule has 5 N–H and O–H groups in total. The fraction of sp³-hybridized carbons (Fsp3) is 0.0714. The smallest absolute Gasteiger partial charge is 0.256 e. The van der Waals surface area contributed by atoms with Gasteiger partial charge in [-0.2, -0.15) is 10.5 Å². The number of rotatable bonds is 11. The van der Waals surface area contributed by atoms with Crippen LogP contribution in [0.4, 0.5) is 11.4 Å². The topological polar surface area (TPSA) is 212 Å². The molecule has 12 nitrogen and oxygen atoms in total. The summed E-state index contributed by atoms with van der Waals surface area (Å²) in [5.41, 5.74) is 8.22. The number of sulfonamides is 2. The fourth-order valence-electron chi connectivity index (χ4n) is 7.53. The van der Waals surface area contributed by atoms with Crippen LogP contribution in [0.25, 0.3) is 44.5 Å². The molecule has 0 saturated carbocycles. The second kappa shape index (κ2) is 21.2. The lowest BCUT2D eigenvalue weighted by Gasteiger charge is -2.21. The highest BCUT2D eigenvalue weighted by Gasteiger charge is 2.25. The summed E-state index contributed by atoms with van der Waals surface area (Å²) in [4.78, 5) is 26.4. The third-order valence-corrected chi connectivity index (χ3v) is 13.5. The molecule has 0 unspecified atom stereocenters. The van der Waals surface area contributed by atoms with Crippen LogP contribution in [0, 0.1) is 22.7 Å². The summed E-state index contributed by atoms with van der Waals surface area (Å²) in [7, 11) is -7.61. The van der Waals surface area contributed by atoms with Gasteiger partial charge in [0, 0.05) is 39.2 Å². The summed E-state index contributed by atoms with van der Waals surface area (Å²) < 4.78 is 52.5. The molecule has 348 valence electrons. The van der Waals surface area contributed by atoms with E-state index in [-0.39, 0.29) is 21.6 Å². The van der Waals surface area contributed by atoms with E-state index in [1.54, 1.807) is 160 Å². The van der Waals surface area contributed by atoms with Crippen LogP contribution in [0.5, 0.6) is 0 Å². The number of anilines is 2. The van der Waals surface area contributed by atoms with Gasteiger partial charge in [-0.3, -0.25) is 9.59 Å². The monoisotopic (exact) mass is 962 g/mol. The second-order valence-corrected chi connectivity index (χ2v) is 20.1. The first-order valence-corrected chi connectivity index (χ1v) is 24.7. The Labute approximate surface area is 407 Å². The Bertz CT molecular complexity index is 3520. The van der Waals surface area contributed by atoms with Crippen LogP contribution in [0.2, 0.25) is 0 Å². The van der Waals surface area contributed by atoms with Crippen molar-refractivity contribution in [3.8, 4) is 56.6 Å². The molecular weight excluding hydrogens is 917 g/mol. The molecule has 0 aliphatic rings. The summed E-state index contributed by atoms with van der Waals surface area (Å²) in [5.74, 6) is -0.558. The molecule has 8 aromatic carbocycles. The first kappa shape index (κ1) is 49.4. The Morgan fingerprint density at radius 3 is 1.13 bits per heavy atom. The zero-order chi connectivity index (χ0) is 50.1. The Balaban J connectivity index is 0.000000208. The lowest BCUT2D eigenvalue weighted by atomic mass is 9.98. The minimum absolute atomic E-state index is 0.0399. The quantitative estimate of drug-likeness (QED) is 0.0977. The van der Waals surface area contributed by atoms with Gasteiger partial charge in [-0.05, 0) is 127 Å². The number of primary sulfonamides is 1. The van der Waals surface area contributed by atoms with Crippen molar-refractivity contribution in [2.24, 2.45) is 5.14 Å². The number of hydrogen-bond donors (Lipinski definition) is 4. The van der Waals surface area contributed by atoms with Gasteiger partial charge in [0.1, 0.15) is 0 Å². The predicted octanol–water partition coefficient (Wildman–Crippen LogP) is 11.0. The van der Waals surface area contributed by atoms with Gasteiger partial charge < -0.3 is 10.6 Å². The van der Waals surface area contributed by atoms with Crippen LogP contribution in [0.3, 0.4) is 0 Å². The van der Waals surface area contributed by atoms with Gasteiger partial charge in [-0.25, -0.2) is 26.7 Å². The molecule has 2 amide bonds. The molecule has 0 atom stereocenters. The molecule has 70 heavy (non-hydrogen) atoms. The van der Waals surface area contributed by atoms with E-state index in [0.29, 0.717) is 55.9 Å². The van der Waals surface area contributed by atoms with Crippen molar-refractivity contribution >= 4 is 43.2 Å². The van der Waals surface area contributed by atoms with Crippen molar-refractivity contribution in [3.05, 3.63) is 216 Å². The van der Waals surface area contributed by atoms with Crippen molar-refractivity contribution < 1.29 is 26.4 Å². The summed E-state index contributed by atoms with van der Waals surface area (Å²) >= 11 is 0. The Hall–Kier alpha value is -8.50. The van der Waals surface area contributed by atoms with Crippen molar-refractivity contribution in [1.82, 2.24) is 4.72 Å². The van der Waals surface area contributed by atoms with Crippen molar-refractivity contribution in [2.45, 2.75) is 36.1 Å². The number of carbonyl (C=O) groups excluding carboxylic acids is 2. The van der Waals surface area contributed by atoms with Gasteiger partial charge in [0.2, 0.25) is 20.0 Å². The van der Waals surface area contributed by atoms with Crippen molar-refractivity contribution in [2.75, 3.05) is 10.6 Å². The van der Waals surface area contributed by atoms with E-state index in [2.05, 4.69) is 27.5 Å². The van der Waals surface area contributed by atoms with E-state index >= 15 is 0 Å². The molecule has 0 aromatic heterocycles. The van der Waals surface area contributed by atoms with Crippen LogP contribution < -0.4 is 20.5 Å². The Kier molecular flexibility index (Phi) is 15.0. The molecule has 8 rings (SSSR count). The van der Waals surface area contributed by atoms with E-state index in [0.717, 1.165) is 22.3 Å². The molecule has 0 fully saturated rings. The van der Waals surface area contributed by atoms with Gasteiger partial charge in [0.25, 0.3) is 11.8 Å². The molecule has 0 spiro atoms. The third kappa shape index (κ3) is 12.1. The molecule has 0 bridgehead atoms. The van der Waals surface area contributed by atoms with E-state index in [4.69, 9.17) is 15.7 Å². The van der Waals surface area contributed by atoms with Crippen molar-refractivity contribution in [1.29, 1.82) is 10.5 Å². The largest absolute Gasteiger partial charge is 0.322 e. The standard InChI is InChI=1S/C30H27N3O3S.C26H19N3O3S/c1-30(2,3)33-37(35,36)28-11-7-6-9-26(28)23-16-18-24(19-17-23)32-29(34)27-10-5-4-8-25(27)22-14-12-21(20-31)13-15-22;27-17-18-9-11-19(12-10-18)22-5-1-2-7-24(22)26(30)29-21-15-13-20(14-16-21)23-6-3-4-8-25(23)33(28,31)32/h4-19,33H,1-3H3,(H,32,34);1-16H,(H,29,30)(H2,28,31,32). The van der Waals surface area contributed by atoms with Crippen LogP contribution in [0.1, 0.15) is 52.6 Å².